The highest BCUT2D eigenvalue weighted by Gasteiger charge is 2.21. The van der Waals surface area contributed by atoms with Gasteiger partial charge < -0.3 is 4.42 Å². The molecule has 7 aromatic rings. The van der Waals surface area contributed by atoms with Gasteiger partial charge in [-0.05, 0) is 30.3 Å². The lowest BCUT2D eigenvalue weighted by Crippen LogP contribution is -1.99. The van der Waals surface area contributed by atoms with E-state index in [2.05, 4.69) is 51.2 Å². The third-order valence-electron chi connectivity index (χ3n) is 5.92. The average molecular weight is 412 g/mol. The zero-order valence-corrected chi connectivity index (χ0v) is 16.9. The van der Waals surface area contributed by atoms with Crippen LogP contribution in [0.5, 0.6) is 0 Å². The molecule has 0 fully saturated rings. The summed E-state index contributed by atoms with van der Waals surface area (Å²) >= 11 is 0. The van der Waals surface area contributed by atoms with E-state index in [9.17, 15) is 0 Å². The fraction of sp³-hybridized carbons (Fsp3) is 0. The second-order valence-electron chi connectivity index (χ2n) is 7.78. The van der Waals surface area contributed by atoms with E-state index in [0.29, 0.717) is 0 Å². The van der Waals surface area contributed by atoms with Gasteiger partial charge in [-0.1, -0.05) is 66.7 Å². The first-order valence-electron chi connectivity index (χ1n) is 10.5. The third-order valence-corrected chi connectivity index (χ3v) is 5.92. The van der Waals surface area contributed by atoms with Gasteiger partial charge >= 0.3 is 0 Å². The first-order valence-corrected chi connectivity index (χ1v) is 10.5. The molecule has 3 heterocycles. The van der Waals surface area contributed by atoms with Gasteiger partial charge in [-0.2, -0.15) is 0 Å². The Morgan fingerprint density at radius 2 is 1.38 bits per heavy atom. The Balaban J connectivity index is 1.65. The summed E-state index contributed by atoms with van der Waals surface area (Å²) in [5.74, 6) is 0.779. The first-order chi connectivity index (χ1) is 15.9. The van der Waals surface area contributed by atoms with Crippen LogP contribution in [0.25, 0.3) is 61.1 Å². The van der Waals surface area contributed by atoms with E-state index in [0.717, 1.165) is 61.1 Å². The number of fused-ring (bicyclic) bond motifs is 6. The van der Waals surface area contributed by atoms with Gasteiger partial charge in [0.1, 0.15) is 16.7 Å². The van der Waals surface area contributed by atoms with Crippen LogP contribution in [0.2, 0.25) is 0 Å². The van der Waals surface area contributed by atoms with Crippen LogP contribution >= 0.6 is 0 Å². The van der Waals surface area contributed by atoms with Crippen molar-refractivity contribution in [2.75, 3.05) is 0 Å². The van der Waals surface area contributed by atoms with Gasteiger partial charge in [0.15, 0.2) is 11.5 Å². The molecule has 5 heteroatoms. The van der Waals surface area contributed by atoms with E-state index in [1.165, 1.54) is 0 Å². The van der Waals surface area contributed by atoms with Gasteiger partial charge in [0.05, 0.1) is 11.1 Å². The lowest BCUT2D eigenvalue weighted by molar-refractivity contribution is 0.669. The molecule has 4 aromatic carbocycles. The van der Waals surface area contributed by atoms with E-state index < -0.39 is 0 Å². The van der Waals surface area contributed by atoms with Crippen molar-refractivity contribution in [3.05, 3.63) is 97.1 Å². The van der Waals surface area contributed by atoms with Gasteiger partial charge in [-0.25, -0.2) is 4.98 Å². The number of rotatable bonds is 2. The van der Waals surface area contributed by atoms with E-state index in [4.69, 9.17) is 9.40 Å². The van der Waals surface area contributed by atoms with E-state index in [1.807, 2.05) is 60.7 Å². The number of para-hydroxylation sites is 3. The summed E-state index contributed by atoms with van der Waals surface area (Å²) in [5.41, 5.74) is 5.94. The summed E-state index contributed by atoms with van der Waals surface area (Å²) in [4.78, 5) is 5.11. The minimum atomic E-state index is 0.720. The first kappa shape index (κ1) is 17.2. The van der Waals surface area contributed by atoms with Crippen molar-refractivity contribution in [3.63, 3.8) is 0 Å². The maximum absolute atomic E-state index is 6.32. The molecule has 0 N–H and O–H groups in total. The lowest BCUT2D eigenvalue weighted by Gasteiger charge is -2.09. The molecule has 0 amide bonds. The highest BCUT2D eigenvalue weighted by atomic mass is 16.3. The summed E-state index contributed by atoms with van der Waals surface area (Å²) in [7, 11) is 0. The predicted molar refractivity (Wildman–Crippen MR) is 127 cm³/mol. The molecule has 0 aliphatic rings. The summed E-state index contributed by atoms with van der Waals surface area (Å²) < 4.78 is 8.39. The summed E-state index contributed by atoms with van der Waals surface area (Å²) in [6.07, 6.45) is 0. The van der Waals surface area contributed by atoms with Crippen LogP contribution in [-0.2, 0) is 0 Å². The fourth-order valence-corrected chi connectivity index (χ4v) is 4.47. The van der Waals surface area contributed by atoms with Crippen molar-refractivity contribution in [2.24, 2.45) is 0 Å². The van der Waals surface area contributed by atoms with Crippen molar-refractivity contribution in [3.8, 4) is 17.1 Å². The highest BCUT2D eigenvalue weighted by Crippen LogP contribution is 2.38. The SMILES string of the molecule is c1ccc(-n2c(-c3cccc4c3oc3ccccc34)nc3c4ccccc4nnc32)cc1. The van der Waals surface area contributed by atoms with Crippen molar-refractivity contribution < 1.29 is 4.42 Å². The Morgan fingerprint density at radius 1 is 0.625 bits per heavy atom. The molecule has 3 aromatic heterocycles. The number of aromatic nitrogens is 4. The molecule has 7 rings (SSSR count). The number of nitrogens with zero attached hydrogens (tertiary/aromatic N) is 4. The molecule has 0 bridgehead atoms. The molecule has 32 heavy (non-hydrogen) atoms. The van der Waals surface area contributed by atoms with Crippen molar-refractivity contribution in [2.45, 2.75) is 0 Å². The largest absolute Gasteiger partial charge is 0.455 e. The van der Waals surface area contributed by atoms with Crippen LogP contribution < -0.4 is 0 Å². The maximum atomic E-state index is 6.32. The van der Waals surface area contributed by atoms with E-state index in [-0.39, 0.29) is 0 Å². The molecule has 0 spiro atoms. The fourth-order valence-electron chi connectivity index (χ4n) is 4.47. The Kier molecular flexibility index (Phi) is 3.49. The van der Waals surface area contributed by atoms with Crippen LogP contribution in [-0.4, -0.2) is 19.7 Å². The van der Waals surface area contributed by atoms with Gasteiger partial charge in [-0.3, -0.25) is 4.57 Å². The Labute approximate surface area is 182 Å². The van der Waals surface area contributed by atoms with Crippen LogP contribution in [0.15, 0.2) is 101 Å². The van der Waals surface area contributed by atoms with Gasteiger partial charge in [0, 0.05) is 21.8 Å². The normalized spacial score (nSPS) is 11.8. The standard InChI is InChI=1S/C27H16N4O/c1-2-9-17(10-3-1)31-26(28-24-20-12-4-6-15-22(20)29-30-27(24)31)21-14-8-13-19-18-11-5-7-16-23(18)32-25(19)21/h1-16H. The topological polar surface area (TPSA) is 56.7 Å². The number of furan rings is 1. The van der Waals surface area contributed by atoms with Crippen LogP contribution in [0.3, 0.4) is 0 Å². The van der Waals surface area contributed by atoms with Gasteiger partial charge in [-0.15, -0.1) is 10.2 Å². The number of benzene rings is 4. The van der Waals surface area contributed by atoms with Crippen molar-refractivity contribution >= 4 is 44.0 Å². The quantitative estimate of drug-likeness (QED) is 0.324. The predicted octanol–water partition coefficient (Wildman–Crippen LogP) is 6.54. The van der Waals surface area contributed by atoms with E-state index in [1.54, 1.807) is 0 Å². The Bertz CT molecular complexity index is 1780. The second kappa shape index (κ2) is 6.49. The number of hydrogen-bond donors (Lipinski definition) is 0. The molecule has 0 atom stereocenters. The molecule has 0 aliphatic carbocycles. The number of hydrogen-bond acceptors (Lipinski definition) is 4. The Morgan fingerprint density at radius 3 is 2.28 bits per heavy atom. The zero-order chi connectivity index (χ0) is 21.1. The van der Waals surface area contributed by atoms with Gasteiger partial charge in [0.25, 0.3) is 0 Å². The van der Waals surface area contributed by atoms with Crippen LogP contribution in [0.4, 0.5) is 0 Å². The monoisotopic (exact) mass is 412 g/mol. The molecule has 0 saturated carbocycles. The smallest absolute Gasteiger partial charge is 0.188 e. The van der Waals surface area contributed by atoms with Crippen molar-refractivity contribution in [1.29, 1.82) is 0 Å². The molecule has 150 valence electrons. The number of imidazole rings is 1. The minimum absolute atomic E-state index is 0.720. The van der Waals surface area contributed by atoms with Gasteiger partial charge in [0.2, 0.25) is 0 Å². The molecule has 0 unspecified atom stereocenters. The highest BCUT2D eigenvalue weighted by molar-refractivity contribution is 6.10. The van der Waals surface area contributed by atoms with E-state index >= 15 is 0 Å². The molecular weight excluding hydrogens is 396 g/mol. The molecule has 0 saturated heterocycles. The zero-order valence-electron chi connectivity index (χ0n) is 16.9. The van der Waals surface area contributed by atoms with Crippen molar-refractivity contribution in [1.82, 2.24) is 19.7 Å². The summed E-state index contributed by atoms with van der Waals surface area (Å²) in [5, 5.41) is 12.2. The molecule has 0 aliphatic heterocycles. The molecule has 0 radical (unpaired) electrons. The third kappa shape index (κ3) is 2.36. The maximum Gasteiger partial charge on any atom is 0.188 e. The summed E-state index contributed by atoms with van der Waals surface area (Å²) in [6, 6.07) is 32.4. The Hall–Kier alpha value is -4.51. The lowest BCUT2D eigenvalue weighted by atomic mass is 10.1. The minimum Gasteiger partial charge on any atom is -0.455 e. The van der Waals surface area contributed by atoms with Crippen LogP contribution in [0.1, 0.15) is 0 Å². The molecule has 5 nitrogen and oxygen atoms in total. The summed E-state index contributed by atoms with van der Waals surface area (Å²) in [6.45, 7) is 0. The average Bonchev–Trinajstić information content (AvgIpc) is 3.43. The van der Waals surface area contributed by atoms with Crippen LogP contribution in [0, 0.1) is 0 Å². The molecular formula is C27H16N4O. The second-order valence-corrected chi connectivity index (χ2v) is 7.78.